The molecule has 1 fully saturated rings. The SMILES string of the molecule is CC(N)c1sc(N2CCN(C)CC2)nc1C(C)(C)C. The molecule has 0 amide bonds. The lowest BCUT2D eigenvalue weighted by molar-refractivity contribution is 0.312. The molecule has 4 nitrogen and oxygen atoms in total. The number of likely N-dealkylation sites (N-methyl/N-ethyl adjacent to an activating group) is 1. The van der Waals surface area contributed by atoms with Crippen LogP contribution in [0.1, 0.15) is 44.3 Å². The van der Waals surface area contributed by atoms with Gasteiger partial charge in [0.1, 0.15) is 0 Å². The Morgan fingerprint density at radius 1 is 1.21 bits per heavy atom. The van der Waals surface area contributed by atoms with Gasteiger partial charge in [-0.05, 0) is 14.0 Å². The second-order valence-corrected chi connectivity index (χ2v) is 7.55. The van der Waals surface area contributed by atoms with Crippen LogP contribution in [0.15, 0.2) is 0 Å². The predicted octanol–water partition coefficient (Wildman–Crippen LogP) is 2.21. The summed E-state index contributed by atoms with van der Waals surface area (Å²) in [6, 6.07) is 0.0629. The molecule has 0 radical (unpaired) electrons. The van der Waals surface area contributed by atoms with Gasteiger partial charge in [-0.3, -0.25) is 0 Å². The molecule has 108 valence electrons. The molecule has 2 rings (SSSR count). The van der Waals surface area contributed by atoms with Crippen LogP contribution in [-0.2, 0) is 5.41 Å². The maximum Gasteiger partial charge on any atom is 0.185 e. The van der Waals surface area contributed by atoms with E-state index in [9.17, 15) is 0 Å². The van der Waals surface area contributed by atoms with Crippen LogP contribution in [-0.4, -0.2) is 43.1 Å². The van der Waals surface area contributed by atoms with Gasteiger partial charge in [0, 0.05) is 42.5 Å². The van der Waals surface area contributed by atoms with Crippen LogP contribution >= 0.6 is 11.3 Å². The van der Waals surface area contributed by atoms with Gasteiger partial charge >= 0.3 is 0 Å². The average molecular weight is 282 g/mol. The number of nitrogens with two attached hydrogens (primary N) is 1. The summed E-state index contributed by atoms with van der Waals surface area (Å²) in [4.78, 5) is 10.9. The maximum atomic E-state index is 6.12. The second kappa shape index (κ2) is 5.38. The van der Waals surface area contributed by atoms with E-state index < -0.39 is 0 Å². The zero-order valence-corrected chi connectivity index (χ0v) is 13.5. The highest BCUT2D eigenvalue weighted by atomic mass is 32.1. The lowest BCUT2D eigenvalue weighted by atomic mass is 9.90. The quantitative estimate of drug-likeness (QED) is 0.903. The number of anilines is 1. The molecule has 2 N–H and O–H groups in total. The van der Waals surface area contributed by atoms with Gasteiger partial charge in [-0.25, -0.2) is 4.98 Å². The van der Waals surface area contributed by atoms with Crippen LogP contribution in [0.4, 0.5) is 5.13 Å². The third-order valence-corrected chi connectivity index (χ3v) is 4.86. The minimum Gasteiger partial charge on any atom is -0.346 e. The van der Waals surface area contributed by atoms with E-state index >= 15 is 0 Å². The van der Waals surface area contributed by atoms with Crippen LogP contribution in [0, 0.1) is 0 Å². The molecule has 1 atom stereocenters. The van der Waals surface area contributed by atoms with Crippen molar-refractivity contribution in [1.29, 1.82) is 0 Å². The number of aromatic nitrogens is 1. The molecule has 0 spiro atoms. The fourth-order valence-electron chi connectivity index (χ4n) is 2.30. The molecule has 0 aromatic carbocycles. The van der Waals surface area contributed by atoms with Crippen molar-refractivity contribution in [2.75, 3.05) is 38.1 Å². The molecular formula is C14H26N4S. The van der Waals surface area contributed by atoms with Crippen molar-refractivity contribution in [1.82, 2.24) is 9.88 Å². The first kappa shape index (κ1) is 14.8. The lowest BCUT2D eigenvalue weighted by Gasteiger charge is -2.32. The Kier molecular flexibility index (Phi) is 4.18. The third-order valence-electron chi connectivity index (χ3n) is 3.54. The van der Waals surface area contributed by atoms with Crippen LogP contribution < -0.4 is 10.6 Å². The number of nitrogens with zero attached hydrogens (tertiary/aromatic N) is 3. The second-order valence-electron chi connectivity index (χ2n) is 6.54. The molecule has 0 saturated carbocycles. The fourth-order valence-corrected chi connectivity index (χ4v) is 3.58. The van der Waals surface area contributed by atoms with Gasteiger partial charge in [-0.1, -0.05) is 32.1 Å². The van der Waals surface area contributed by atoms with Crippen LogP contribution in [0.2, 0.25) is 0 Å². The van der Waals surface area contributed by atoms with Crippen molar-refractivity contribution in [3.8, 4) is 0 Å². The maximum absolute atomic E-state index is 6.12. The summed E-state index contributed by atoms with van der Waals surface area (Å²) in [6.07, 6.45) is 0. The largest absolute Gasteiger partial charge is 0.346 e. The van der Waals surface area contributed by atoms with Crippen molar-refractivity contribution < 1.29 is 0 Å². The molecule has 1 aromatic rings. The molecule has 1 aliphatic rings. The lowest BCUT2D eigenvalue weighted by Crippen LogP contribution is -2.44. The van der Waals surface area contributed by atoms with Gasteiger partial charge in [0.05, 0.1) is 5.69 Å². The number of rotatable bonds is 2. The van der Waals surface area contributed by atoms with E-state index in [1.54, 1.807) is 11.3 Å². The zero-order chi connectivity index (χ0) is 14.2. The Balaban J connectivity index is 2.28. The van der Waals surface area contributed by atoms with Gasteiger partial charge < -0.3 is 15.5 Å². The number of hydrogen-bond donors (Lipinski definition) is 1. The Morgan fingerprint density at radius 2 is 1.79 bits per heavy atom. The Bertz CT molecular complexity index is 425. The molecule has 1 aromatic heterocycles. The Hall–Kier alpha value is -0.650. The normalized spacial score (nSPS) is 19.8. The fraction of sp³-hybridized carbons (Fsp3) is 0.786. The van der Waals surface area contributed by atoms with E-state index in [0.717, 1.165) is 31.3 Å². The van der Waals surface area contributed by atoms with E-state index in [-0.39, 0.29) is 11.5 Å². The molecule has 5 heteroatoms. The minimum atomic E-state index is 0.0598. The highest BCUT2D eigenvalue weighted by Gasteiger charge is 2.27. The van der Waals surface area contributed by atoms with E-state index in [0.29, 0.717) is 0 Å². The van der Waals surface area contributed by atoms with E-state index in [4.69, 9.17) is 10.7 Å². The molecule has 0 aliphatic carbocycles. The summed E-state index contributed by atoms with van der Waals surface area (Å²) >= 11 is 1.77. The number of hydrogen-bond acceptors (Lipinski definition) is 5. The smallest absolute Gasteiger partial charge is 0.185 e. The highest BCUT2D eigenvalue weighted by Crippen LogP contribution is 2.36. The summed E-state index contributed by atoms with van der Waals surface area (Å²) < 4.78 is 0. The predicted molar refractivity (Wildman–Crippen MR) is 83.1 cm³/mol. The van der Waals surface area contributed by atoms with E-state index in [1.807, 2.05) is 0 Å². The topological polar surface area (TPSA) is 45.4 Å². The molecule has 1 aliphatic heterocycles. The van der Waals surface area contributed by atoms with E-state index in [2.05, 4.69) is 44.5 Å². The standard InChI is InChI=1S/C14H26N4S/c1-10(15)11-12(14(2,3)4)16-13(19-11)18-8-6-17(5)7-9-18/h10H,6-9,15H2,1-5H3. The summed E-state index contributed by atoms with van der Waals surface area (Å²) in [5.41, 5.74) is 7.35. The average Bonchev–Trinajstić information content (AvgIpc) is 2.74. The van der Waals surface area contributed by atoms with Crippen molar-refractivity contribution in [3.63, 3.8) is 0 Å². The first-order chi connectivity index (χ1) is 8.79. The monoisotopic (exact) mass is 282 g/mol. The Morgan fingerprint density at radius 3 is 2.21 bits per heavy atom. The number of piperazine rings is 1. The number of thiazole rings is 1. The van der Waals surface area contributed by atoms with Crippen molar-refractivity contribution >= 4 is 16.5 Å². The highest BCUT2D eigenvalue weighted by molar-refractivity contribution is 7.15. The Labute approximate surface area is 120 Å². The minimum absolute atomic E-state index is 0.0598. The van der Waals surface area contributed by atoms with E-state index in [1.165, 1.54) is 10.6 Å². The van der Waals surface area contributed by atoms with Gasteiger partial charge in [-0.2, -0.15) is 0 Å². The van der Waals surface area contributed by atoms with Crippen LogP contribution in [0.3, 0.4) is 0 Å². The zero-order valence-electron chi connectivity index (χ0n) is 12.7. The molecular weight excluding hydrogens is 256 g/mol. The first-order valence-corrected chi connectivity index (χ1v) is 7.81. The first-order valence-electron chi connectivity index (χ1n) is 6.99. The van der Waals surface area contributed by atoms with Crippen molar-refractivity contribution in [2.24, 2.45) is 5.73 Å². The van der Waals surface area contributed by atoms with Crippen molar-refractivity contribution in [3.05, 3.63) is 10.6 Å². The molecule has 19 heavy (non-hydrogen) atoms. The summed E-state index contributed by atoms with van der Waals surface area (Å²) in [5, 5.41) is 1.14. The van der Waals surface area contributed by atoms with Gasteiger partial charge in [0.15, 0.2) is 5.13 Å². The van der Waals surface area contributed by atoms with Gasteiger partial charge in [0.25, 0.3) is 0 Å². The third kappa shape index (κ3) is 3.27. The molecule has 1 unspecified atom stereocenters. The van der Waals surface area contributed by atoms with Gasteiger partial charge in [0.2, 0.25) is 0 Å². The molecule has 0 bridgehead atoms. The molecule has 1 saturated heterocycles. The summed E-state index contributed by atoms with van der Waals surface area (Å²) in [7, 11) is 2.17. The van der Waals surface area contributed by atoms with Crippen LogP contribution in [0.5, 0.6) is 0 Å². The summed E-state index contributed by atoms with van der Waals surface area (Å²) in [6.45, 7) is 13.0. The van der Waals surface area contributed by atoms with Gasteiger partial charge in [-0.15, -0.1) is 0 Å². The van der Waals surface area contributed by atoms with Crippen LogP contribution in [0.25, 0.3) is 0 Å². The summed E-state index contributed by atoms with van der Waals surface area (Å²) in [5.74, 6) is 0. The molecule has 2 heterocycles. The van der Waals surface area contributed by atoms with Crippen molar-refractivity contribution in [2.45, 2.75) is 39.2 Å².